The number of nitrogens with one attached hydrogen (secondary N) is 1. The standard InChI is InChI=1S/C21H15BrCl2FNO2/c22-12-2-4-17(25)13(8-12)14-9-20(28)26-18-6-11(7-19(27)21(14)18)10-1-3-15(23)16(24)5-10/h1-5,8,11,14H,6-7,9H2,(H,26,28). The zero-order valence-corrected chi connectivity index (χ0v) is 17.7. The summed E-state index contributed by atoms with van der Waals surface area (Å²) in [6, 6.07) is 9.88. The van der Waals surface area contributed by atoms with Crippen LogP contribution in [0.4, 0.5) is 4.39 Å². The van der Waals surface area contributed by atoms with Gasteiger partial charge < -0.3 is 5.32 Å². The van der Waals surface area contributed by atoms with E-state index >= 15 is 0 Å². The molecule has 0 fully saturated rings. The van der Waals surface area contributed by atoms with Crippen molar-refractivity contribution in [3.8, 4) is 0 Å². The fourth-order valence-electron chi connectivity index (χ4n) is 4.01. The Morgan fingerprint density at radius 2 is 1.79 bits per heavy atom. The van der Waals surface area contributed by atoms with Crippen molar-refractivity contribution in [2.45, 2.75) is 31.1 Å². The first-order chi connectivity index (χ1) is 13.3. The lowest BCUT2D eigenvalue weighted by atomic mass is 9.73. The van der Waals surface area contributed by atoms with E-state index in [1.54, 1.807) is 24.3 Å². The molecule has 3 nitrogen and oxygen atoms in total. The average Bonchev–Trinajstić information content (AvgIpc) is 2.64. The van der Waals surface area contributed by atoms with Gasteiger partial charge in [-0.05, 0) is 53.8 Å². The van der Waals surface area contributed by atoms with Crippen molar-refractivity contribution in [3.05, 3.63) is 79.1 Å². The van der Waals surface area contributed by atoms with E-state index in [4.69, 9.17) is 23.2 Å². The largest absolute Gasteiger partial charge is 0.329 e. The van der Waals surface area contributed by atoms with Crippen LogP contribution < -0.4 is 5.32 Å². The van der Waals surface area contributed by atoms with Crippen LogP contribution in [0, 0.1) is 5.82 Å². The molecular weight excluding hydrogens is 468 g/mol. The molecule has 1 N–H and O–H groups in total. The van der Waals surface area contributed by atoms with Gasteiger partial charge in [-0.25, -0.2) is 4.39 Å². The molecule has 0 bridgehead atoms. The van der Waals surface area contributed by atoms with Crippen LogP contribution in [0.1, 0.15) is 42.2 Å². The highest BCUT2D eigenvalue weighted by molar-refractivity contribution is 9.10. The summed E-state index contributed by atoms with van der Waals surface area (Å²) < 4.78 is 15.2. The maximum absolute atomic E-state index is 14.5. The average molecular weight is 483 g/mol. The Hall–Kier alpha value is -1.69. The Labute approximate surface area is 180 Å². The van der Waals surface area contributed by atoms with Gasteiger partial charge in [0.25, 0.3) is 0 Å². The van der Waals surface area contributed by atoms with Gasteiger partial charge in [-0.15, -0.1) is 0 Å². The Bertz CT molecular complexity index is 1040. The van der Waals surface area contributed by atoms with Crippen molar-refractivity contribution >= 4 is 50.8 Å². The number of carbonyl (C=O) groups is 2. The zero-order chi connectivity index (χ0) is 20.0. The third-order valence-corrected chi connectivity index (χ3v) is 6.52. The molecule has 0 saturated carbocycles. The third kappa shape index (κ3) is 3.63. The summed E-state index contributed by atoms with van der Waals surface area (Å²) in [6.45, 7) is 0. The molecule has 2 atom stereocenters. The van der Waals surface area contributed by atoms with E-state index in [2.05, 4.69) is 21.2 Å². The second-order valence-electron chi connectivity index (χ2n) is 7.06. The molecule has 1 amide bonds. The molecule has 7 heteroatoms. The Balaban J connectivity index is 1.74. The van der Waals surface area contributed by atoms with Gasteiger partial charge in [0.05, 0.1) is 10.0 Å². The van der Waals surface area contributed by atoms with E-state index in [9.17, 15) is 14.0 Å². The van der Waals surface area contributed by atoms with Gasteiger partial charge in [0, 0.05) is 34.5 Å². The lowest BCUT2D eigenvalue weighted by Crippen LogP contribution is -2.38. The molecule has 28 heavy (non-hydrogen) atoms. The molecule has 2 aromatic rings. The summed E-state index contributed by atoms with van der Waals surface area (Å²) in [5.74, 6) is -1.42. The monoisotopic (exact) mass is 481 g/mol. The number of hydrogen-bond donors (Lipinski definition) is 1. The van der Waals surface area contributed by atoms with Crippen LogP contribution in [0.2, 0.25) is 10.0 Å². The van der Waals surface area contributed by atoms with Crippen molar-refractivity contribution in [1.82, 2.24) is 5.32 Å². The number of allylic oxidation sites excluding steroid dienone is 2. The van der Waals surface area contributed by atoms with E-state index < -0.39 is 11.7 Å². The van der Waals surface area contributed by atoms with E-state index in [1.807, 2.05) is 6.07 Å². The first-order valence-corrected chi connectivity index (χ1v) is 10.3. The van der Waals surface area contributed by atoms with Gasteiger partial charge in [0.15, 0.2) is 5.78 Å². The van der Waals surface area contributed by atoms with E-state index in [1.165, 1.54) is 6.07 Å². The highest BCUT2D eigenvalue weighted by Gasteiger charge is 2.39. The number of Topliss-reactive ketones (excluding diaryl/α,β-unsaturated/α-hetero) is 1. The minimum atomic E-state index is -0.580. The van der Waals surface area contributed by atoms with Crippen LogP contribution in [0.3, 0.4) is 0 Å². The summed E-state index contributed by atoms with van der Waals surface area (Å²) in [4.78, 5) is 25.4. The Kier molecular flexibility index (Phi) is 5.34. The van der Waals surface area contributed by atoms with Crippen molar-refractivity contribution in [2.24, 2.45) is 0 Å². The first-order valence-electron chi connectivity index (χ1n) is 8.79. The molecule has 0 aromatic heterocycles. The summed E-state index contributed by atoms with van der Waals surface area (Å²) in [5.41, 5.74) is 2.33. The fourth-order valence-corrected chi connectivity index (χ4v) is 4.69. The number of rotatable bonds is 2. The van der Waals surface area contributed by atoms with Crippen LogP contribution in [0.15, 0.2) is 52.1 Å². The second-order valence-corrected chi connectivity index (χ2v) is 8.79. The molecule has 144 valence electrons. The van der Waals surface area contributed by atoms with Gasteiger partial charge in [-0.1, -0.05) is 45.2 Å². The number of amides is 1. The maximum atomic E-state index is 14.5. The normalized spacial score (nSPS) is 22.1. The Morgan fingerprint density at radius 3 is 2.54 bits per heavy atom. The van der Waals surface area contributed by atoms with Gasteiger partial charge in [0.2, 0.25) is 5.91 Å². The molecule has 4 rings (SSSR count). The highest BCUT2D eigenvalue weighted by Crippen LogP contribution is 2.44. The predicted octanol–water partition coefficient (Wildman–Crippen LogP) is 5.90. The first kappa shape index (κ1) is 19.6. The number of ketones is 1. The SMILES string of the molecule is O=C1CC(c2cc(Br)ccc2F)C2=C(CC(c3ccc(Cl)c(Cl)c3)CC2=O)N1. The van der Waals surface area contributed by atoms with Gasteiger partial charge in [-0.3, -0.25) is 9.59 Å². The molecule has 2 aromatic carbocycles. The second kappa shape index (κ2) is 7.62. The van der Waals surface area contributed by atoms with Crippen LogP contribution >= 0.6 is 39.1 Å². The molecular formula is C21H15BrCl2FNO2. The lowest BCUT2D eigenvalue weighted by Gasteiger charge is -2.34. The maximum Gasteiger partial charge on any atom is 0.225 e. The summed E-state index contributed by atoms with van der Waals surface area (Å²) in [7, 11) is 0. The number of benzene rings is 2. The van der Waals surface area contributed by atoms with Crippen molar-refractivity contribution in [1.29, 1.82) is 0 Å². The van der Waals surface area contributed by atoms with Crippen molar-refractivity contribution in [3.63, 3.8) is 0 Å². The molecule has 1 aliphatic heterocycles. The minimum Gasteiger partial charge on any atom is -0.329 e. The van der Waals surface area contributed by atoms with Crippen LogP contribution in [-0.2, 0) is 9.59 Å². The lowest BCUT2D eigenvalue weighted by molar-refractivity contribution is -0.122. The Morgan fingerprint density at radius 1 is 1.00 bits per heavy atom. The van der Waals surface area contributed by atoms with Crippen LogP contribution in [0.5, 0.6) is 0 Å². The molecule has 0 saturated heterocycles. The summed E-state index contributed by atoms with van der Waals surface area (Å²) in [5, 5.41) is 3.71. The predicted molar refractivity (Wildman–Crippen MR) is 110 cm³/mol. The van der Waals surface area contributed by atoms with E-state index in [0.29, 0.717) is 37.8 Å². The minimum absolute atomic E-state index is 0.0510. The topological polar surface area (TPSA) is 46.2 Å². The molecule has 1 aliphatic carbocycles. The zero-order valence-electron chi connectivity index (χ0n) is 14.6. The molecule has 0 radical (unpaired) electrons. The van der Waals surface area contributed by atoms with E-state index in [-0.39, 0.29) is 30.4 Å². The molecule has 0 spiro atoms. The van der Waals surface area contributed by atoms with Gasteiger partial charge >= 0.3 is 0 Å². The van der Waals surface area contributed by atoms with Crippen molar-refractivity contribution in [2.75, 3.05) is 0 Å². The van der Waals surface area contributed by atoms with Crippen molar-refractivity contribution < 1.29 is 14.0 Å². The number of hydrogen-bond acceptors (Lipinski definition) is 2. The van der Waals surface area contributed by atoms with E-state index in [0.717, 1.165) is 5.56 Å². The highest BCUT2D eigenvalue weighted by atomic mass is 79.9. The van der Waals surface area contributed by atoms with Crippen LogP contribution in [-0.4, -0.2) is 11.7 Å². The summed E-state index contributed by atoms with van der Waals surface area (Å²) in [6.07, 6.45) is 0.811. The quantitative estimate of drug-likeness (QED) is 0.579. The smallest absolute Gasteiger partial charge is 0.225 e. The molecule has 2 unspecified atom stereocenters. The van der Waals surface area contributed by atoms with Gasteiger partial charge in [0.1, 0.15) is 5.82 Å². The fraction of sp³-hybridized carbons (Fsp3) is 0.238. The number of halogens is 4. The molecule has 1 heterocycles. The van der Waals surface area contributed by atoms with Crippen LogP contribution in [0.25, 0.3) is 0 Å². The number of carbonyl (C=O) groups excluding carboxylic acids is 2. The summed E-state index contributed by atoms with van der Waals surface area (Å²) >= 11 is 15.5. The van der Waals surface area contributed by atoms with Gasteiger partial charge in [-0.2, -0.15) is 0 Å². The molecule has 2 aliphatic rings. The third-order valence-electron chi connectivity index (χ3n) is 5.28.